The van der Waals surface area contributed by atoms with Crippen LogP contribution in [0.3, 0.4) is 0 Å². The van der Waals surface area contributed by atoms with E-state index in [0.29, 0.717) is 12.3 Å². The van der Waals surface area contributed by atoms with Crippen LogP contribution in [0.2, 0.25) is 0 Å². The Balaban J connectivity index is 2.65. The van der Waals surface area contributed by atoms with Crippen LogP contribution in [0.15, 0.2) is 0 Å². The molecule has 0 aromatic heterocycles. The average molecular weight is 133 g/mol. The van der Waals surface area contributed by atoms with Crippen LogP contribution >= 0.6 is 11.6 Å². The van der Waals surface area contributed by atoms with Crippen LogP contribution in [0, 0.1) is 11.3 Å². The third-order valence-corrected chi connectivity index (χ3v) is 0.874. The monoisotopic (exact) mass is 132 g/mol. The predicted octanol–water partition coefficient (Wildman–Crippen LogP) is 0.728. The number of hydrogen-bond donors (Lipinski definition) is 1. The van der Waals surface area contributed by atoms with E-state index < -0.39 is 0 Å². The molecule has 0 unspecified atom stereocenters. The molecule has 0 aliphatic heterocycles. The molecule has 0 bridgehead atoms. The first-order valence-electron chi connectivity index (χ1n) is 2.55. The Morgan fingerprint density at radius 3 is 2.75 bits per heavy atom. The molecule has 0 aromatic carbocycles. The van der Waals surface area contributed by atoms with E-state index in [4.69, 9.17) is 16.9 Å². The molecule has 0 radical (unpaired) electrons. The van der Waals surface area contributed by atoms with Gasteiger partial charge >= 0.3 is 0 Å². The van der Waals surface area contributed by atoms with E-state index in [1.54, 1.807) is 0 Å². The minimum atomic E-state index is 0.566. The topological polar surface area (TPSA) is 35.8 Å². The lowest BCUT2D eigenvalue weighted by Crippen LogP contribution is -2.16. The van der Waals surface area contributed by atoms with Crippen molar-refractivity contribution in [2.75, 3.05) is 19.0 Å². The van der Waals surface area contributed by atoms with Gasteiger partial charge in [0, 0.05) is 25.4 Å². The van der Waals surface area contributed by atoms with Gasteiger partial charge in [0.15, 0.2) is 0 Å². The van der Waals surface area contributed by atoms with Gasteiger partial charge in [-0.05, 0) is 0 Å². The highest BCUT2D eigenvalue weighted by atomic mass is 35.5. The van der Waals surface area contributed by atoms with Gasteiger partial charge in [-0.25, -0.2) is 0 Å². The second kappa shape index (κ2) is 6.74. The van der Waals surface area contributed by atoms with Crippen LogP contribution < -0.4 is 5.32 Å². The molecular formula is C5H9ClN2. The molecule has 0 aliphatic rings. The van der Waals surface area contributed by atoms with Crippen molar-refractivity contribution in [3.05, 3.63) is 0 Å². The van der Waals surface area contributed by atoms with E-state index in [-0.39, 0.29) is 0 Å². The third-order valence-electron chi connectivity index (χ3n) is 0.685. The fraction of sp³-hybridized carbons (Fsp3) is 0.800. The number of alkyl halides is 1. The molecule has 0 aliphatic carbocycles. The summed E-state index contributed by atoms with van der Waals surface area (Å²) in [6, 6.07) is 2.02. The van der Waals surface area contributed by atoms with Gasteiger partial charge in [-0.15, -0.1) is 11.6 Å². The highest BCUT2D eigenvalue weighted by molar-refractivity contribution is 6.18. The summed E-state index contributed by atoms with van der Waals surface area (Å²) < 4.78 is 0. The highest BCUT2D eigenvalue weighted by Crippen LogP contribution is 1.72. The molecule has 3 heteroatoms. The number of nitrogens with zero attached hydrogens (tertiary/aromatic N) is 1. The Kier molecular flexibility index (Phi) is 6.52. The van der Waals surface area contributed by atoms with Crippen molar-refractivity contribution < 1.29 is 0 Å². The van der Waals surface area contributed by atoms with E-state index in [1.165, 1.54) is 0 Å². The molecule has 0 rings (SSSR count). The second-order valence-corrected chi connectivity index (χ2v) is 1.73. The van der Waals surface area contributed by atoms with Gasteiger partial charge < -0.3 is 5.32 Å². The standard InChI is InChI=1S/C5H9ClN2/c6-2-5-8-4-1-3-7/h8H,1-2,4-5H2. The molecule has 0 fully saturated rings. The van der Waals surface area contributed by atoms with Crippen LogP contribution in [-0.2, 0) is 0 Å². The van der Waals surface area contributed by atoms with Crippen LogP contribution in [0.4, 0.5) is 0 Å². The zero-order valence-corrected chi connectivity index (χ0v) is 5.41. The van der Waals surface area contributed by atoms with Crippen LogP contribution in [-0.4, -0.2) is 19.0 Å². The highest BCUT2D eigenvalue weighted by Gasteiger charge is 1.81. The summed E-state index contributed by atoms with van der Waals surface area (Å²) in [6.07, 6.45) is 0.566. The lowest BCUT2D eigenvalue weighted by molar-refractivity contribution is 0.734. The number of nitrogens with one attached hydrogen (secondary N) is 1. The van der Waals surface area contributed by atoms with Gasteiger partial charge in [0.2, 0.25) is 0 Å². The van der Waals surface area contributed by atoms with Crippen LogP contribution in [0.5, 0.6) is 0 Å². The molecule has 46 valence electrons. The summed E-state index contributed by atoms with van der Waals surface area (Å²) in [5, 5.41) is 11.0. The molecule has 0 amide bonds. The Labute approximate surface area is 54.4 Å². The van der Waals surface area contributed by atoms with E-state index >= 15 is 0 Å². The zero-order chi connectivity index (χ0) is 6.24. The van der Waals surface area contributed by atoms with E-state index in [1.807, 2.05) is 6.07 Å². The summed E-state index contributed by atoms with van der Waals surface area (Å²) in [5.41, 5.74) is 0. The molecule has 1 N–H and O–H groups in total. The third kappa shape index (κ3) is 5.74. The van der Waals surface area contributed by atoms with Gasteiger partial charge in [0.1, 0.15) is 0 Å². The first-order chi connectivity index (χ1) is 3.91. The number of nitriles is 1. The molecular weight excluding hydrogens is 124 g/mol. The average Bonchev–Trinajstić information content (AvgIpc) is 1.81. The van der Waals surface area contributed by atoms with Gasteiger partial charge in [-0.3, -0.25) is 0 Å². The predicted molar refractivity (Wildman–Crippen MR) is 33.8 cm³/mol. The summed E-state index contributed by atoms with van der Waals surface area (Å²) in [6.45, 7) is 1.55. The van der Waals surface area contributed by atoms with Crippen molar-refractivity contribution in [3.8, 4) is 6.07 Å². The maximum Gasteiger partial charge on any atom is 0.0635 e. The molecule has 0 spiro atoms. The van der Waals surface area contributed by atoms with E-state index in [0.717, 1.165) is 13.1 Å². The van der Waals surface area contributed by atoms with E-state index in [9.17, 15) is 0 Å². The van der Waals surface area contributed by atoms with Crippen molar-refractivity contribution in [3.63, 3.8) is 0 Å². The Morgan fingerprint density at radius 2 is 2.25 bits per heavy atom. The number of hydrogen-bond acceptors (Lipinski definition) is 2. The number of rotatable bonds is 4. The van der Waals surface area contributed by atoms with Gasteiger partial charge in [0.25, 0.3) is 0 Å². The van der Waals surface area contributed by atoms with Gasteiger partial charge in [-0.2, -0.15) is 5.26 Å². The Morgan fingerprint density at radius 1 is 1.50 bits per heavy atom. The first kappa shape index (κ1) is 7.74. The van der Waals surface area contributed by atoms with Gasteiger partial charge in [0.05, 0.1) is 6.07 Å². The molecule has 0 aromatic rings. The Hall–Kier alpha value is -0.260. The molecule has 2 nitrogen and oxygen atoms in total. The maximum atomic E-state index is 8.04. The fourth-order valence-corrected chi connectivity index (χ4v) is 0.470. The molecule has 0 saturated heterocycles. The number of halogens is 1. The molecule has 8 heavy (non-hydrogen) atoms. The minimum absolute atomic E-state index is 0.566. The quantitative estimate of drug-likeness (QED) is 0.452. The molecule has 0 atom stereocenters. The van der Waals surface area contributed by atoms with Gasteiger partial charge in [-0.1, -0.05) is 0 Å². The van der Waals surface area contributed by atoms with Crippen LogP contribution in [0.1, 0.15) is 6.42 Å². The zero-order valence-electron chi connectivity index (χ0n) is 4.65. The summed E-state index contributed by atoms with van der Waals surface area (Å²) in [7, 11) is 0. The minimum Gasteiger partial charge on any atom is -0.315 e. The van der Waals surface area contributed by atoms with Crippen molar-refractivity contribution in [1.29, 1.82) is 5.26 Å². The normalized spacial score (nSPS) is 8.50. The summed E-state index contributed by atoms with van der Waals surface area (Å²) in [5.74, 6) is 0.616. The second-order valence-electron chi connectivity index (χ2n) is 1.35. The van der Waals surface area contributed by atoms with Crippen LogP contribution in [0.25, 0.3) is 0 Å². The fourth-order valence-electron chi connectivity index (χ4n) is 0.336. The smallest absolute Gasteiger partial charge is 0.0635 e. The molecule has 0 saturated carbocycles. The lowest BCUT2D eigenvalue weighted by Gasteiger charge is -1.93. The van der Waals surface area contributed by atoms with E-state index in [2.05, 4.69) is 5.32 Å². The van der Waals surface area contributed by atoms with Crippen molar-refractivity contribution in [2.24, 2.45) is 0 Å². The first-order valence-corrected chi connectivity index (χ1v) is 3.09. The summed E-state index contributed by atoms with van der Waals surface area (Å²) in [4.78, 5) is 0. The van der Waals surface area contributed by atoms with Crippen molar-refractivity contribution in [2.45, 2.75) is 6.42 Å². The van der Waals surface area contributed by atoms with Crippen molar-refractivity contribution in [1.82, 2.24) is 5.32 Å². The van der Waals surface area contributed by atoms with Crippen molar-refractivity contribution >= 4 is 11.6 Å². The SMILES string of the molecule is N#CCCNCCCl. The lowest BCUT2D eigenvalue weighted by atomic mass is 10.5. The Bertz CT molecular complexity index is 77.0. The largest absolute Gasteiger partial charge is 0.315 e. The maximum absolute atomic E-state index is 8.04. The molecule has 0 heterocycles. The summed E-state index contributed by atoms with van der Waals surface area (Å²) >= 11 is 5.34.